The topological polar surface area (TPSA) is 105 Å². The number of carbonyl (C=O) groups is 1. The van der Waals surface area contributed by atoms with Gasteiger partial charge in [0.05, 0.1) is 39.9 Å². The first-order valence-electron chi connectivity index (χ1n) is 30.2. The molecule has 0 saturated heterocycles. The van der Waals surface area contributed by atoms with Crippen LogP contribution in [0, 0.1) is 0 Å². The minimum atomic E-state index is -4.33. The molecule has 0 aromatic rings. The first kappa shape index (κ1) is 68.0. The molecule has 0 aliphatic rings. The number of nitrogens with one attached hydrogen (secondary N) is 1. The largest absolute Gasteiger partial charge is 0.472 e. The van der Waals surface area contributed by atoms with Crippen LogP contribution in [-0.4, -0.2) is 73.4 Å². The van der Waals surface area contributed by atoms with Gasteiger partial charge in [0.1, 0.15) is 13.2 Å². The van der Waals surface area contributed by atoms with E-state index in [9.17, 15) is 19.4 Å². The van der Waals surface area contributed by atoms with E-state index in [1.807, 2.05) is 21.1 Å². The monoisotopic (exact) mass is 996 g/mol. The van der Waals surface area contributed by atoms with Gasteiger partial charge in [-0.25, -0.2) is 4.57 Å². The van der Waals surface area contributed by atoms with Crippen LogP contribution in [0.15, 0.2) is 24.3 Å². The Labute approximate surface area is 430 Å². The number of amides is 1. The number of aliphatic hydroxyl groups excluding tert-OH is 1. The van der Waals surface area contributed by atoms with Crippen LogP contribution >= 0.6 is 7.82 Å². The van der Waals surface area contributed by atoms with Crippen molar-refractivity contribution in [1.29, 1.82) is 0 Å². The molecular weight excluding hydrogens is 876 g/mol. The van der Waals surface area contributed by atoms with Crippen LogP contribution in [0.3, 0.4) is 0 Å². The van der Waals surface area contributed by atoms with Gasteiger partial charge in [-0.1, -0.05) is 276 Å². The van der Waals surface area contributed by atoms with Gasteiger partial charge in [-0.15, -0.1) is 0 Å². The van der Waals surface area contributed by atoms with E-state index in [1.54, 1.807) is 0 Å². The van der Waals surface area contributed by atoms with Crippen LogP contribution in [0.4, 0.5) is 0 Å². The Morgan fingerprint density at radius 3 is 1.20 bits per heavy atom. The van der Waals surface area contributed by atoms with E-state index >= 15 is 0 Å². The van der Waals surface area contributed by atoms with Crippen molar-refractivity contribution >= 4 is 13.7 Å². The highest BCUT2D eigenvalue weighted by molar-refractivity contribution is 7.47. The lowest BCUT2D eigenvalue weighted by Crippen LogP contribution is -2.46. The molecule has 0 radical (unpaired) electrons. The van der Waals surface area contributed by atoms with Crippen molar-refractivity contribution in [3.8, 4) is 0 Å². The molecule has 0 aromatic heterocycles. The molecule has 3 unspecified atom stereocenters. The number of allylic oxidation sites excluding steroid dienone is 4. The molecule has 0 aromatic carbocycles. The van der Waals surface area contributed by atoms with Gasteiger partial charge in [0, 0.05) is 6.42 Å². The lowest BCUT2D eigenvalue weighted by atomic mass is 10.0. The number of unbranched alkanes of at least 4 members (excludes halogenated alkanes) is 39. The van der Waals surface area contributed by atoms with Crippen molar-refractivity contribution in [1.82, 2.24) is 5.32 Å². The highest BCUT2D eigenvalue weighted by atomic mass is 31.2. The summed E-state index contributed by atoms with van der Waals surface area (Å²) < 4.78 is 23.8. The van der Waals surface area contributed by atoms with Gasteiger partial charge >= 0.3 is 7.82 Å². The van der Waals surface area contributed by atoms with E-state index in [0.717, 1.165) is 64.2 Å². The number of phosphoric acid groups is 1. The molecule has 9 heteroatoms. The number of hydrogen-bond donors (Lipinski definition) is 3. The second-order valence-corrected chi connectivity index (χ2v) is 23.5. The number of phosphoric ester groups is 1. The maximum atomic E-state index is 13.0. The Bertz CT molecular complexity index is 1170. The highest BCUT2D eigenvalue weighted by Gasteiger charge is 2.28. The lowest BCUT2D eigenvalue weighted by molar-refractivity contribution is -0.870. The first-order chi connectivity index (χ1) is 33.5. The second-order valence-electron chi connectivity index (χ2n) is 22.1. The third-order valence-corrected chi connectivity index (χ3v) is 14.9. The Morgan fingerprint density at radius 2 is 0.826 bits per heavy atom. The molecule has 0 saturated carbocycles. The van der Waals surface area contributed by atoms with Crippen molar-refractivity contribution < 1.29 is 32.9 Å². The summed E-state index contributed by atoms with van der Waals surface area (Å²) in [6.07, 6.45) is 65.4. The Kier molecular flexibility index (Phi) is 51.1. The van der Waals surface area contributed by atoms with Crippen LogP contribution in [-0.2, 0) is 18.4 Å². The smallest absolute Gasteiger partial charge is 0.391 e. The number of hydrogen-bond acceptors (Lipinski definition) is 5. The second kappa shape index (κ2) is 51.9. The molecule has 0 heterocycles. The molecule has 0 bridgehead atoms. The molecule has 0 aliphatic carbocycles. The average Bonchev–Trinajstić information content (AvgIpc) is 3.31. The molecule has 0 rings (SSSR count). The molecule has 3 atom stereocenters. The summed E-state index contributed by atoms with van der Waals surface area (Å²) in [5, 5.41) is 14.1. The summed E-state index contributed by atoms with van der Waals surface area (Å²) in [5.74, 6) is -0.154. The maximum absolute atomic E-state index is 13.0. The normalized spacial score (nSPS) is 14.0. The zero-order valence-electron chi connectivity index (χ0n) is 46.8. The minimum Gasteiger partial charge on any atom is -0.391 e. The number of aliphatic hydroxyl groups is 1. The van der Waals surface area contributed by atoms with Crippen molar-refractivity contribution in [2.24, 2.45) is 0 Å². The van der Waals surface area contributed by atoms with Crippen molar-refractivity contribution in [3.05, 3.63) is 24.3 Å². The zero-order valence-corrected chi connectivity index (χ0v) is 47.7. The SMILES string of the molecule is CCCCCC/C=C\C/C=C\CCCCCCCC(=O)NC(COP(=O)(O)OCC[N+](C)(C)C)C(O)CCCCCCCCCCCCCCCCCCCCCCCCCCCCCCCCC. The third-order valence-electron chi connectivity index (χ3n) is 14.0. The Morgan fingerprint density at radius 1 is 0.493 bits per heavy atom. The van der Waals surface area contributed by atoms with Crippen LogP contribution in [0.1, 0.15) is 303 Å². The Hall–Kier alpha value is -1.02. The van der Waals surface area contributed by atoms with Gasteiger partial charge in [-0.3, -0.25) is 13.8 Å². The summed E-state index contributed by atoms with van der Waals surface area (Å²) in [6.45, 7) is 4.90. The van der Waals surface area contributed by atoms with Crippen LogP contribution in [0.2, 0.25) is 0 Å². The summed E-state index contributed by atoms with van der Waals surface area (Å²) in [6, 6.07) is -0.767. The van der Waals surface area contributed by atoms with E-state index in [2.05, 4.69) is 43.5 Å². The molecule has 69 heavy (non-hydrogen) atoms. The quantitative estimate of drug-likeness (QED) is 0.0243. The number of quaternary nitrogens is 1. The molecule has 0 fully saturated rings. The van der Waals surface area contributed by atoms with Gasteiger partial charge in [0.2, 0.25) is 5.91 Å². The maximum Gasteiger partial charge on any atom is 0.472 e. The molecule has 410 valence electrons. The highest BCUT2D eigenvalue weighted by Crippen LogP contribution is 2.43. The van der Waals surface area contributed by atoms with Gasteiger partial charge in [-0.2, -0.15) is 0 Å². The molecule has 8 nitrogen and oxygen atoms in total. The van der Waals surface area contributed by atoms with E-state index in [-0.39, 0.29) is 19.1 Å². The zero-order chi connectivity index (χ0) is 50.6. The number of nitrogens with zero attached hydrogens (tertiary/aromatic N) is 1. The van der Waals surface area contributed by atoms with Gasteiger partial charge in [-0.05, 0) is 44.9 Å². The van der Waals surface area contributed by atoms with Crippen LogP contribution in [0.5, 0.6) is 0 Å². The number of carbonyl (C=O) groups excluding carboxylic acids is 1. The Balaban J connectivity index is 4.04. The van der Waals surface area contributed by atoms with Gasteiger partial charge in [0.25, 0.3) is 0 Å². The summed E-state index contributed by atoms with van der Waals surface area (Å²) in [7, 11) is 1.62. The van der Waals surface area contributed by atoms with E-state index in [1.165, 1.54) is 212 Å². The van der Waals surface area contributed by atoms with Crippen molar-refractivity contribution in [2.45, 2.75) is 315 Å². The summed E-state index contributed by atoms with van der Waals surface area (Å²) >= 11 is 0. The molecular formula is C60H120N2O6P+. The number of likely N-dealkylation sites (N-methyl/N-ethyl adjacent to an activating group) is 1. The fraction of sp³-hybridized carbons (Fsp3) is 0.917. The van der Waals surface area contributed by atoms with E-state index in [0.29, 0.717) is 23.9 Å². The fourth-order valence-electron chi connectivity index (χ4n) is 9.20. The molecule has 0 aliphatic heterocycles. The molecule has 3 N–H and O–H groups in total. The van der Waals surface area contributed by atoms with Crippen molar-refractivity contribution in [2.75, 3.05) is 40.9 Å². The lowest BCUT2D eigenvalue weighted by Gasteiger charge is -2.26. The summed E-state index contributed by atoms with van der Waals surface area (Å²) in [5.41, 5.74) is 0. The van der Waals surface area contributed by atoms with E-state index < -0.39 is 20.0 Å². The van der Waals surface area contributed by atoms with E-state index in [4.69, 9.17) is 9.05 Å². The van der Waals surface area contributed by atoms with Crippen LogP contribution in [0.25, 0.3) is 0 Å². The standard InChI is InChI=1S/C60H119N2O6P/c1-6-8-10-12-14-16-18-20-22-24-25-26-27-28-29-30-31-32-33-34-35-36-37-38-39-41-43-45-47-49-51-53-59(63)58(57-68-69(65,66)67-56-55-62(3,4)5)61-60(64)54-52-50-48-46-44-42-40-23-21-19-17-15-13-11-9-7-2/h17,19,23,40,58-59,63H,6-16,18,20-22,24-39,41-57H2,1-5H3,(H-,61,64,65,66)/p+1/b19-17-,40-23-. The predicted octanol–water partition coefficient (Wildman–Crippen LogP) is 18.4. The molecule has 1 amide bonds. The molecule has 0 spiro atoms. The van der Waals surface area contributed by atoms with Crippen LogP contribution < -0.4 is 5.32 Å². The first-order valence-corrected chi connectivity index (χ1v) is 31.7. The third kappa shape index (κ3) is 54.6. The van der Waals surface area contributed by atoms with Gasteiger partial charge < -0.3 is 19.8 Å². The number of rotatable bonds is 56. The minimum absolute atomic E-state index is 0.0728. The predicted molar refractivity (Wildman–Crippen MR) is 300 cm³/mol. The average molecular weight is 997 g/mol. The van der Waals surface area contributed by atoms with Crippen molar-refractivity contribution in [3.63, 3.8) is 0 Å². The van der Waals surface area contributed by atoms with Gasteiger partial charge in [0.15, 0.2) is 0 Å². The summed E-state index contributed by atoms with van der Waals surface area (Å²) in [4.78, 5) is 23.3. The fourth-order valence-corrected chi connectivity index (χ4v) is 9.93.